The minimum absolute atomic E-state index is 0. The molecule has 0 spiro atoms. The average molecular weight is 1100 g/mol. The van der Waals surface area contributed by atoms with Gasteiger partial charge in [-0.1, -0.05) is 20.8 Å². The van der Waals surface area contributed by atoms with Crippen LogP contribution in [-0.2, 0) is 38.3 Å². The van der Waals surface area contributed by atoms with Crippen LogP contribution in [0.5, 0.6) is 0 Å². The molecule has 0 heterocycles. The molecule has 0 saturated heterocycles. The van der Waals surface area contributed by atoms with E-state index in [9.17, 15) is 64.2 Å². The Balaban J connectivity index is 0.0000106. The zero-order chi connectivity index (χ0) is 45.8. The molecule has 0 aromatic rings. The number of hydrogen-bond acceptors (Lipinski definition) is 15. The number of ether oxygens (including phenoxy) is 1. The average Bonchev–Trinajstić information content (AvgIpc) is 3.54. The second-order valence-electron chi connectivity index (χ2n) is 19.8. The summed E-state index contributed by atoms with van der Waals surface area (Å²) < 4.78 is 6.17. The summed E-state index contributed by atoms with van der Waals surface area (Å²) in [6, 6.07) is -1.26. The maximum atomic E-state index is 12.9. The van der Waals surface area contributed by atoms with Crippen molar-refractivity contribution in [1.82, 2.24) is 10.2 Å². The Bertz CT molecular complexity index is 1530. The number of rotatable bonds is 28. The molecule has 1 radical (unpaired) electrons. The van der Waals surface area contributed by atoms with E-state index in [-0.39, 0.29) is 203 Å². The van der Waals surface area contributed by atoms with Gasteiger partial charge in [-0.25, -0.2) is 0 Å². The Morgan fingerprint density at radius 3 is 1.70 bits per heavy atom. The maximum absolute atomic E-state index is 12.9. The van der Waals surface area contributed by atoms with Crippen LogP contribution in [0.2, 0.25) is 0 Å². The van der Waals surface area contributed by atoms with E-state index in [0.29, 0.717) is 54.8 Å². The largest absolute Gasteiger partial charge is 3.00 e. The van der Waals surface area contributed by atoms with Gasteiger partial charge in [-0.2, -0.15) is 0 Å². The van der Waals surface area contributed by atoms with E-state index < -0.39 is 79.4 Å². The molecule has 10 atom stereocenters. The minimum atomic E-state index is -1.49. The molecule has 66 heavy (non-hydrogen) atoms. The predicted octanol–water partition coefficient (Wildman–Crippen LogP) is -10.5. The topological polar surface area (TPSA) is 282 Å². The first-order chi connectivity index (χ1) is 29.2. The Kier molecular flexibility index (Phi) is 32.1. The van der Waals surface area contributed by atoms with Crippen molar-refractivity contribution in [2.45, 2.75) is 161 Å². The molecule has 4 rings (SSSR count). The normalized spacial score (nSPS) is 27.2. The molecular formula is C46H68GdN2Na3O14. The van der Waals surface area contributed by atoms with Crippen LogP contribution in [0.3, 0.4) is 0 Å². The van der Waals surface area contributed by atoms with Gasteiger partial charge in [-0.15, -0.1) is 0 Å². The number of unbranched alkanes of at least 4 members (excludes halogenated alkanes) is 1. The van der Waals surface area contributed by atoms with Crippen molar-refractivity contribution in [3.05, 3.63) is 0 Å². The predicted molar refractivity (Wildman–Crippen MR) is 210 cm³/mol. The Morgan fingerprint density at radius 2 is 1.18 bits per heavy atom. The maximum Gasteiger partial charge on any atom is 3.00 e. The number of nitrogens with zero attached hydrogens (tertiary/aromatic N) is 1. The molecule has 1 amide bonds. The van der Waals surface area contributed by atoms with E-state index in [1.807, 2.05) is 0 Å². The van der Waals surface area contributed by atoms with E-state index in [1.165, 1.54) is 37.0 Å². The van der Waals surface area contributed by atoms with E-state index in [2.05, 4.69) is 26.1 Å². The van der Waals surface area contributed by atoms with Crippen LogP contribution in [0.4, 0.5) is 0 Å². The van der Waals surface area contributed by atoms with Crippen molar-refractivity contribution >= 4 is 41.7 Å². The first-order valence-electron chi connectivity index (χ1n) is 23.1. The third kappa shape index (κ3) is 19.9. The number of nitrogens with one attached hydrogen (secondary N) is 1. The SMILES string of the molecule is CC(CCC(=O)[O-])[C@H]1CCC2C3CCC4C[C@H](OCC(=O)NCCCC[C@H](C(=O)[O-])N(CCC(CC(=O)[O-])CC(=O)[O-])CCC(CC(=O)[O-])CC(=O)[O-])CC[C@]4(C)C3CC[C@@]21C.[Gd+3].[Na+].[Na+].[Na+]. The van der Waals surface area contributed by atoms with Gasteiger partial charge >= 0.3 is 129 Å². The van der Waals surface area contributed by atoms with Gasteiger partial charge in [0.25, 0.3) is 0 Å². The number of hydrogen-bond donors (Lipinski definition) is 1. The number of carbonyl (C=O) groups excluding carboxylic acids is 7. The van der Waals surface area contributed by atoms with Crippen LogP contribution in [-0.4, -0.2) is 85.0 Å². The first kappa shape index (κ1) is 66.5. The van der Waals surface area contributed by atoms with Crippen molar-refractivity contribution in [1.29, 1.82) is 0 Å². The number of amides is 1. The molecule has 0 aromatic heterocycles. The molecule has 4 aliphatic rings. The van der Waals surface area contributed by atoms with Crippen molar-refractivity contribution in [2.24, 2.45) is 58.2 Å². The molecule has 357 valence electrons. The Morgan fingerprint density at radius 1 is 0.652 bits per heavy atom. The zero-order valence-electron chi connectivity index (χ0n) is 40.3. The summed E-state index contributed by atoms with van der Waals surface area (Å²) >= 11 is 0. The molecule has 0 aromatic carbocycles. The summed E-state index contributed by atoms with van der Waals surface area (Å²) in [5.41, 5.74) is 0.482. The van der Waals surface area contributed by atoms with Crippen molar-refractivity contribution in [2.75, 3.05) is 26.2 Å². The van der Waals surface area contributed by atoms with Crippen molar-refractivity contribution in [3.63, 3.8) is 0 Å². The molecule has 16 nitrogen and oxygen atoms in total. The summed E-state index contributed by atoms with van der Waals surface area (Å²) in [6.45, 7) is 7.11. The molecule has 4 aliphatic carbocycles. The molecule has 0 bridgehead atoms. The number of carboxylic acid groups (broad SMARTS) is 6. The van der Waals surface area contributed by atoms with Crippen molar-refractivity contribution in [3.8, 4) is 0 Å². The van der Waals surface area contributed by atoms with Crippen LogP contribution >= 0.6 is 0 Å². The van der Waals surface area contributed by atoms with Gasteiger partial charge in [-0.05, 0) is 200 Å². The number of carbonyl (C=O) groups is 7. The van der Waals surface area contributed by atoms with Gasteiger partial charge in [0, 0.05) is 42.4 Å². The van der Waals surface area contributed by atoms with Gasteiger partial charge in [0.15, 0.2) is 0 Å². The Labute approximate surface area is 489 Å². The first-order valence-corrected chi connectivity index (χ1v) is 23.1. The summed E-state index contributed by atoms with van der Waals surface area (Å²) in [4.78, 5) is 82.8. The summed E-state index contributed by atoms with van der Waals surface area (Å²) in [5.74, 6) is -7.11. The number of aliphatic carboxylic acids is 6. The Hall–Kier alpha value is 0.535. The van der Waals surface area contributed by atoms with E-state index >= 15 is 0 Å². The summed E-state index contributed by atoms with van der Waals surface area (Å²) in [7, 11) is 0. The van der Waals surface area contributed by atoms with Gasteiger partial charge < -0.3 is 69.5 Å². The molecule has 1 N–H and O–H groups in total. The fourth-order valence-electron chi connectivity index (χ4n) is 12.9. The number of fused-ring (bicyclic) bond motifs is 5. The van der Waals surface area contributed by atoms with Crippen molar-refractivity contribution < 1.29 is 198 Å². The van der Waals surface area contributed by atoms with Crippen LogP contribution in [0.1, 0.15) is 149 Å². The molecule has 4 saturated carbocycles. The molecule has 4 fully saturated rings. The molecule has 5 unspecified atom stereocenters. The van der Waals surface area contributed by atoms with Gasteiger partial charge in [0.1, 0.15) is 6.61 Å². The quantitative estimate of drug-likeness (QED) is 0.0563. The third-order valence-corrected chi connectivity index (χ3v) is 16.0. The second kappa shape index (κ2) is 31.9. The van der Waals surface area contributed by atoms with E-state index in [1.54, 1.807) is 0 Å². The zero-order valence-corrected chi connectivity index (χ0v) is 48.5. The van der Waals surface area contributed by atoms with E-state index in [4.69, 9.17) is 4.74 Å². The van der Waals surface area contributed by atoms with Crippen LogP contribution in [0, 0.1) is 98.1 Å². The number of carboxylic acids is 6. The third-order valence-electron chi connectivity index (χ3n) is 16.0. The summed E-state index contributed by atoms with van der Waals surface area (Å²) in [6.07, 6.45) is 8.92. The van der Waals surface area contributed by atoms with Gasteiger partial charge in [0.05, 0.1) is 12.1 Å². The van der Waals surface area contributed by atoms with Crippen LogP contribution in [0.15, 0.2) is 0 Å². The smallest absolute Gasteiger partial charge is 0.550 e. The molecule has 20 heteroatoms. The fraction of sp³-hybridized carbons (Fsp3) is 0.848. The molecular weight excluding hydrogens is 1030 g/mol. The standard InChI is InChI=1S/C46H74N2O14.Gd.3Na/c1-28(7-12-39(50)51)34-10-11-35-33-9-8-31-26-32(13-17-45(31,2)36(33)14-18-46(34,35)3)62-27-38(49)47-19-5-4-6-37(44(60)61)48(20-15-29(22-40(52)53)23-41(54)55)21-16-30(24-42(56)57)25-43(58)59;;;;/h28-37H,4-27H2,1-3H3,(H,47,49)(H,50,51)(H,52,53)(H,54,55)(H,56,57)(H,58,59)(H,60,61);;;;/q;+3;3*+1/p-6/t28?,31?,32-,33?,34-,35?,36?,37-,45+,46-;;;;/m1..../s1. The monoisotopic (exact) mass is 1100 g/mol. The van der Waals surface area contributed by atoms with Crippen LogP contribution < -0.4 is 125 Å². The van der Waals surface area contributed by atoms with E-state index in [0.717, 1.165) is 25.7 Å². The minimum Gasteiger partial charge on any atom is -0.550 e. The van der Waals surface area contributed by atoms with Gasteiger partial charge in [0.2, 0.25) is 5.91 Å². The molecule has 0 aliphatic heterocycles. The summed E-state index contributed by atoms with van der Waals surface area (Å²) in [5, 5.41) is 71.4. The van der Waals surface area contributed by atoms with Crippen LogP contribution in [0.25, 0.3) is 0 Å². The fourth-order valence-corrected chi connectivity index (χ4v) is 12.9. The van der Waals surface area contributed by atoms with Gasteiger partial charge in [-0.3, -0.25) is 9.69 Å². The second-order valence-corrected chi connectivity index (χ2v) is 19.8.